The van der Waals surface area contributed by atoms with Gasteiger partial charge in [0.2, 0.25) is 10.0 Å². The van der Waals surface area contributed by atoms with Crippen LogP contribution in [0.2, 0.25) is 10.0 Å². The minimum Gasteiger partial charge on any atom is -0.315 e. The van der Waals surface area contributed by atoms with Gasteiger partial charge in [-0.1, -0.05) is 53.8 Å². The number of halogens is 2. The Kier molecular flexibility index (Phi) is 7.31. The number of aromatic nitrogens is 1. The van der Waals surface area contributed by atoms with E-state index in [0.29, 0.717) is 27.0 Å². The molecule has 10 heteroatoms. The van der Waals surface area contributed by atoms with Gasteiger partial charge in [-0.2, -0.15) is 9.30 Å². The predicted octanol–water partition coefficient (Wildman–Crippen LogP) is 5.72. The molecule has 0 unspecified atom stereocenters. The number of hydrogen-bond donors (Lipinski definition) is 0. The van der Waals surface area contributed by atoms with Gasteiger partial charge in [0.25, 0.3) is 5.91 Å². The molecular formula is C23H25Cl2N3O3S2. The van der Waals surface area contributed by atoms with Crippen molar-refractivity contribution < 1.29 is 13.2 Å². The Bertz CT molecular complexity index is 1360. The second kappa shape index (κ2) is 9.88. The van der Waals surface area contributed by atoms with Gasteiger partial charge in [-0.05, 0) is 56.2 Å². The van der Waals surface area contributed by atoms with Crippen LogP contribution in [0.25, 0.3) is 10.2 Å². The van der Waals surface area contributed by atoms with E-state index in [-0.39, 0.29) is 10.9 Å². The second-order valence-corrected chi connectivity index (χ2v) is 11.9. The lowest BCUT2D eigenvalue weighted by Crippen LogP contribution is -2.38. The van der Waals surface area contributed by atoms with Gasteiger partial charge >= 0.3 is 0 Å². The van der Waals surface area contributed by atoms with Crippen molar-refractivity contribution in [2.75, 3.05) is 7.05 Å². The molecular weight excluding hydrogens is 501 g/mol. The molecule has 1 aliphatic carbocycles. The summed E-state index contributed by atoms with van der Waals surface area (Å²) in [5, 5.41) is 0.870. The van der Waals surface area contributed by atoms with Crippen LogP contribution in [0.15, 0.2) is 46.3 Å². The predicted molar refractivity (Wildman–Crippen MR) is 134 cm³/mol. The van der Waals surface area contributed by atoms with Gasteiger partial charge in [0, 0.05) is 25.2 Å². The summed E-state index contributed by atoms with van der Waals surface area (Å²) in [5.74, 6) is -0.449. The van der Waals surface area contributed by atoms with Crippen LogP contribution in [-0.4, -0.2) is 36.3 Å². The van der Waals surface area contributed by atoms with Crippen LogP contribution in [0.3, 0.4) is 0 Å². The van der Waals surface area contributed by atoms with Crippen LogP contribution in [0.4, 0.5) is 0 Å². The lowest BCUT2D eigenvalue weighted by molar-refractivity contribution is 0.0997. The molecule has 1 heterocycles. The molecule has 1 aliphatic rings. The van der Waals surface area contributed by atoms with Crippen molar-refractivity contribution in [1.82, 2.24) is 8.87 Å². The lowest BCUT2D eigenvalue weighted by Gasteiger charge is -2.30. The molecule has 0 atom stereocenters. The van der Waals surface area contributed by atoms with Crippen LogP contribution in [0, 0.1) is 0 Å². The average molecular weight is 527 g/mol. The summed E-state index contributed by atoms with van der Waals surface area (Å²) < 4.78 is 30.3. The fraction of sp³-hybridized carbons (Fsp3) is 0.391. The molecule has 176 valence electrons. The van der Waals surface area contributed by atoms with Gasteiger partial charge in [-0.25, -0.2) is 8.42 Å². The standard InChI is InChI=1S/C23H25Cl2N3O3S2/c1-3-28-21-19(14-13-18(24)20(21)25)32-23(28)26-22(29)15-9-11-17(12-10-15)33(30,31)27(2)16-7-5-4-6-8-16/h9-14,16H,3-8H2,1-2H3. The van der Waals surface area contributed by atoms with E-state index in [9.17, 15) is 13.2 Å². The van der Waals surface area contributed by atoms with E-state index in [1.54, 1.807) is 13.1 Å². The summed E-state index contributed by atoms with van der Waals surface area (Å²) in [6, 6.07) is 9.59. The number of aryl methyl sites for hydroxylation is 1. The molecule has 0 spiro atoms. The van der Waals surface area contributed by atoms with Gasteiger partial charge in [-0.15, -0.1) is 0 Å². The normalized spacial score (nSPS) is 16.1. The number of hydrogen-bond acceptors (Lipinski definition) is 4. The number of fused-ring (bicyclic) bond motifs is 1. The first-order valence-corrected chi connectivity index (χ1v) is 13.9. The molecule has 1 aromatic heterocycles. The van der Waals surface area contributed by atoms with E-state index in [4.69, 9.17) is 23.2 Å². The van der Waals surface area contributed by atoms with Gasteiger partial charge in [-0.3, -0.25) is 4.79 Å². The van der Waals surface area contributed by atoms with Crippen molar-refractivity contribution in [3.63, 3.8) is 0 Å². The Morgan fingerprint density at radius 2 is 1.79 bits per heavy atom. The molecule has 2 aromatic carbocycles. The third-order valence-corrected chi connectivity index (χ3v) is 9.88. The second-order valence-electron chi connectivity index (χ2n) is 8.09. The number of carbonyl (C=O) groups is 1. The van der Waals surface area contributed by atoms with Crippen LogP contribution >= 0.6 is 34.5 Å². The largest absolute Gasteiger partial charge is 0.315 e. The Labute approximate surface area is 207 Å². The van der Waals surface area contributed by atoms with Crippen LogP contribution in [-0.2, 0) is 16.6 Å². The highest BCUT2D eigenvalue weighted by molar-refractivity contribution is 7.89. The number of rotatable bonds is 5. The Morgan fingerprint density at radius 1 is 1.12 bits per heavy atom. The first kappa shape index (κ1) is 24.4. The quantitative estimate of drug-likeness (QED) is 0.427. The van der Waals surface area contributed by atoms with Crippen molar-refractivity contribution in [3.8, 4) is 0 Å². The summed E-state index contributed by atoms with van der Waals surface area (Å²) in [6.07, 6.45) is 5.01. The van der Waals surface area contributed by atoms with Crippen LogP contribution in [0.1, 0.15) is 49.4 Å². The maximum atomic E-state index is 13.0. The van der Waals surface area contributed by atoms with E-state index < -0.39 is 15.9 Å². The number of amides is 1. The zero-order valence-corrected chi connectivity index (χ0v) is 21.6. The molecule has 0 bridgehead atoms. The maximum Gasteiger partial charge on any atom is 0.279 e. The fourth-order valence-corrected chi connectivity index (χ4v) is 7.20. The van der Waals surface area contributed by atoms with Crippen LogP contribution < -0.4 is 4.80 Å². The van der Waals surface area contributed by atoms with E-state index in [2.05, 4.69) is 4.99 Å². The molecule has 6 nitrogen and oxygen atoms in total. The van der Waals surface area contributed by atoms with Crippen molar-refractivity contribution in [3.05, 3.63) is 56.8 Å². The Morgan fingerprint density at radius 3 is 2.42 bits per heavy atom. The smallest absolute Gasteiger partial charge is 0.279 e. The van der Waals surface area contributed by atoms with Crippen molar-refractivity contribution in [2.24, 2.45) is 4.99 Å². The SMILES string of the molecule is CCn1c(=NC(=O)c2ccc(S(=O)(=O)N(C)C3CCCCC3)cc2)sc2ccc(Cl)c(Cl)c21. The summed E-state index contributed by atoms with van der Waals surface area (Å²) in [5.41, 5.74) is 1.06. The molecule has 1 saturated carbocycles. The van der Waals surface area contributed by atoms with Gasteiger partial charge in [0.05, 0.1) is 25.2 Å². The molecule has 0 N–H and O–H groups in total. The molecule has 3 aromatic rings. The molecule has 0 aliphatic heterocycles. The first-order valence-electron chi connectivity index (χ1n) is 10.9. The number of sulfonamides is 1. The topological polar surface area (TPSA) is 71.7 Å². The van der Waals surface area contributed by atoms with E-state index >= 15 is 0 Å². The van der Waals surface area contributed by atoms with Crippen LogP contribution in [0.5, 0.6) is 0 Å². The molecule has 4 rings (SSSR count). The average Bonchev–Trinajstić information content (AvgIpc) is 3.19. The summed E-state index contributed by atoms with van der Waals surface area (Å²) >= 11 is 13.9. The van der Waals surface area contributed by atoms with Gasteiger partial charge in [0.15, 0.2) is 4.80 Å². The van der Waals surface area contributed by atoms with Gasteiger partial charge < -0.3 is 4.57 Å². The summed E-state index contributed by atoms with van der Waals surface area (Å²) in [6.45, 7) is 2.51. The summed E-state index contributed by atoms with van der Waals surface area (Å²) in [7, 11) is -1.97. The fourth-order valence-electron chi connectivity index (χ4n) is 4.21. The van der Waals surface area contributed by atoms with E-state index in [0.717, 1.165) is 42.3 Å². The first-order chi connectivity index (χ1) is 15.7. The molecule has 1 fully saturated rings. The monoisotopic (exact) mass is 525 g/mol. The van der Waals surface area contributed by atoms with Crippen molar-refractivity contribution in [2.45, 2.75) is 56.5 Å². The molecule has 0 saturated heterocycles. The number of carbonyl (C=O) groups excluding carboxylic acids is 1. The third kappa shape index (κ3) is 4.77. The highest BCUT2D eigenvalue weighted by Gasteiger charge is 2.29. The molecule has 0 radical (unpaired) electrons. The Balaban J connectivity index is 1.63. The number of thiazole rings is 1. The van der Waals surface area contributed by atoms with E-state index in [1.165, 1.54) is 39.9 Å². The lowest BCUT2D eigenvalue weighted by atomic mass is 9.96. The van der Waals surface area contributed by atoms with E-state index in [1.807, 2.05) is 17.6 Å². The molecule has 33 heavy (non-hydrogen) atoms. The highest BCUT2D eigenvalue weighted by Crippen LogP contribution is 2.32. The Hall–Kier alpha value is -1.71. The van der Waals surface area contributed by atoms with Gasteiger partial charge in [0.1, 0.15) is 0 Å². The maximum absolute atomic E-state index is 13.0. The van der Waals surface area contributed by atoms with Crippen molar-refractivity contribution >= 4 is 60.7 Å². The highest BCUT2D eigenvalue weighted by atomic mass is 35.5. The minimum absolute atomic E-state index is 0.0258. The number of nitrogens with zero attached hydrogens (tertiary/aromatic N) is 3. The zero-order valence-electron chi connectivity index (χ0n) is 18.4. The number of benzene rings is 2. The molecule has 1 amide bonds. The minimum atomic E-state index is -3.61. The summed E-state index contributed by atoms with van der Waals surface area (Å²) in [4.78, 5) is 17.8. The zero-order chi connectivity index (χ0) is 23.8. The third-order valence-electron chi connectivity index (χ3n) is 6.11. The van der Waals surface area contributed by atoms with Crippen molar-refractivity contribution in [1.29, 1.82) is 0 Å².